The number of nitrogens with two attached hydrogens (primary N) is 1. The number of nitrogens with one attached hydrogen (secondary N) is 2. The van der Waals surface area contributed by atoms with Crippen LogP contribution in [0.5, 0.6) is 5.75 Å². The third-order valence-corrected chi connectivity index (χ3v) is 13.1. The number of pyridine rings is 1. The van der Waals surface area contributed by atoms with Gasteiger partial charge in [-0.05, 0) is 71.3 Å². The Hall–Kier alpha value is -3.51. The molecule has 0 bridgehead atoms. The smallest absolute Gasteiger partial charge is 0.259 e. The number of fused-ring (bicyclic) bond motifs is 5. The number of hydrogen-bond acceptors (Lipinski definition) is 8. The molecule has 1 saturated heterocycles. The Kier molecular flexibility index (Phi) is 7.47. The molecule has 0 radical (unpaired) electrons. The number of hydrogen-bond donors (Lipinski definition) is 3. The summed E-state index contributed by atoms with van der Waals surface area (Å²) in [6.07, 6.45) is 10.5. The number of benzene rings is 1. The van der Waals surface area contributed by atoms with Crippen LogP contribution in [0.4, 0.5) is 0 Å². The van der Waals surface area contributed by atoms with Crippen LogP contribution in [0.3, 0.4) is 0 Å². The van der Waals surface area contributed by atoms with Gasteiger partial charge in [0.15, 0.2) is 0 Å². The fourth-order valence-corrected chi connectivity index (χ4v) is 8.85. The molecular weight excluding hydrogens is 606 g/mol. The van der Waals surface area contributed by atoms with E-state index in [1.807, 2.05) is 43.3 Å². The molecule has 2 aromatic rings. The summed E-state index contributed by atoms with van der Waals surface area (Å²) in [7, 11) is -3.92. The van der Waals surface area contributed by atoms with E-state index in [4.69, 9.17) is 15.5 Å². The van der Waals surface area contributed by atoms with Gasteiger partial charge in [-0.3, -0.25) is 19.1 Å². The molecule has 46 heavy (non-hydrogen) atoms. The van der Waals surface area contributed by atoms with E-state index in [-0.39, 0.29) is 31.2 Å². The number of carbonyl (C=O) groups excluding carboxylic acids is 3. The Labute approximate surface area is 269 Å². The van der Waals surface area contributed by atoms with Gasteiger partial charge in [-0.1, -0.05) is 43.2 Å². The molecule has 2 aliphatic carbocycles. The Morgan fingerprint density at radius 2 is 1.91 bits per heavy atom. The second kappa shape index (κ2) is 11.0. The summed E-state index contributed by atoms with van der Waals surface area (Å²) >= 11 is 0. The molecule has 4 heterocycles. The van der Waals surface area contributed by atoms with Crippen molar-refractivity contribution >= 4 is 38.6 Å². The summed E-state index contributed by atoms with van der Waals surface area (Å²) in [4.78, 5) is 48.2. The lowest BCUT2D eigenvalue weighted by Gasteiger charge is -2.36. The number of aryl methyl sites for hydroxylation is 2. The van der Waals surface area contributed by atoms with Gasteiger partial charge in [-0.2, -0.15) is 0 Å². The van der Waals surface area contributed by atoms with Crippen molar-refractivity contribution in [1.29, 1.82) is 0 Å². The van der Waals surface area contributed by atoms with Crippen LogP contribution in [-0.4, -0.2) is 70.5 Å². The molecule has 1 spiro atoms. The molecule has 3 fully saturated rings. The highest BCUT2D eigenvalue weighted by molar-refractivity contribution is 7.91. The minimum atomic E-state index is -3.92. The van der Waals surface area contributed by atoms with Crippen molar-refractivity contribution in [3.05, 3.63) is 47.7 Å². The molecule has 12 heteroatoms. The first-order valence-electron chi connectivity index (χ1n) is 16.6. The summed E-state index contributed by atoms with van der Waals surface area (Å²) in [5, 5.41) is 3.97. The minimum absolute atomic E-state index is 0.179. The maximum atomic E-state index is 14.3. The second-order valence-corrected chi connectivity index (χ2v) is 16.5. The number of allylic oxidation sites excluding steroid dienone is 1. The number of sulfonamides is 1. The molecule has 3 amide bonds. The first kappa shape index (κ1) is 31.1. The molecule has 5 aliphatic rings. The Morgan fingerprint density at radius 3 is 2.70 bits per heavy atom. The fourth-order valence-electron chi connectivity index (χ4n) is 7.54. The molecule has 1 aromatic heterocycles. The van der Waals surface area contributed by atoms with E-state index >= 15 is 0 Å². The van der Waals surface area contributed by atoms with Crippen LogP contribution in [0.15, 0.2) is 36.4 Å². The summed E-state index contributed by atoms with van der Waals surface area (Å²) < 4.78 is 34.1. The number of ether oxygens (including phenoxy) is 1. The predicted octanol–water partition coefficient (Wildman–Crippen LogP) is 2.93. The van der Waals surface area contributed by atoms with Gasteiger partial charge in [0.05, 0.1) is 28.5 Å². The third-order valence-electron chi connectivity index (χ3n) is 10.9. The molecule has 246 valence electrons. The highest BCUT2D eigenvalue weighted by atomic mass is 32.2. The fraction of sp³-hybridized carbons (Fsp3) is 0.588. The van der Waals surface area contributed by atoms with Crippen LogP contribution in [0.1, 0.15) is 82.4 Å². The monoisotopic (exact) mass is 649 g/mol. The SMILES string of the molecule is Cc1nc2ccccc2c2c1O[C@]1(CC2)C[C@H]2C(=O)N[C@]3(C(=O)NS(=O)(=O)C4(C)CC4)C[C@H]3C=CCCCCC[C@H](N)C(=O)N2C1. The topological polar surface area (TPSA) is 161 Å². The zero-order chi connectivity index (χ0) is 32.5. The van der Waals surface area contributed by atoms with Gasteiger partial charge in [0.2, 0.25) is 21.8 Å². The van der Waals surface area contributed by atoms with Crippen LogP contribution >= 0.6 is 0 Å². The quantitative estimate of drug-likeness (QED) is 0.428. The predicted molar refractivity (Wildman–Crippen MR) is 172 cm³/mol. The van der Waals surface area contributed by atoms with E-state index in [1.54, 1.807) is 6.92 Å². The number of rotatable bonds is 3. The third kappa shape index (κ3) is 5.27. The number of para-hydroxylation sites is 1. The van der Waals surface area contributed by atoms with E-state index in [0.29, 0.717) is 37.9 Å². The first-order valence-corrected chi connectivity index (χ1v) is 18.0. The van der Waals surface area contributed by atoms with Gasteiger partial charge in [-0.25, -0.2) is 13.4 Å². The molecule has 0 unspecified atom stereocenters. The zero-order valence-electron chi connectivity index (χ0n) is 26.5. The average Bonchev–Trinajstić information content (AvgIpc) is 3.91. The van der Waals surface area contributed by atoms with Gasteiger partial charge < -0.3 is 20.7 Å². The largest absolute Gasteiger partial charge is 0.483 e. The Balaban J connectivity index is 1.21. The van der Waals surface area contributed by atoms with E-state index in [9.17, 15) is 22.8 Å². The highest BCUT2D eigenvalue weighted by Crippen LogP contribution is 2.49. The lowest BCUT2D eigenvalue weighted by molar-refractivity contribution is -0.140. The molecule has 2 saturated carbocycles. The van der Waals surface area contributed by atoms with Gasteiger partial charge in [-0.15, -0.1) is 0 Å². The number of amides is 3. The summed E-state index contributed by atoms with van der Waals surface area (Å²) in [5.74, 6) is -1.22. The van der Waals surface area contributed by atoms with Gasteiger partial charge >= 0.3 is 0 Å². The number of nitrogens with zero attached hydrogens (tertiary/aromatic N) is 2. The summed E-state index contributed by atoms with van der Waals surface area (Å²) in [5.41, 5.74) is 6.90. The molecule has 11 nitrogen and oxygen atoms in total. The molecular formula is C34H43N5O6S. The van der Waals surface area contributed by atoms with Crippen LogP contribution in [0.2, 0.25) is 0 Å². The van der Waals surface area contributed by atoms with Gasteiger partial charge in [0.1, 0.15) is 22.9 Å². The standard InChI is InChI=1S/C34H43N5O6S/c1-21-28-24(23-11-8-9-13-26(23)36-21)14-15-33(45-28)19-27-29(40)37-34(31(42)38-46(43,44)32(2)16-17-32)18-22(34)10-6-4-3-5-7-12-25(35)30(41)39(27)20-33/h6,8-11,13,22,25,27H,3-5,7,12,14-20,35H2,1-2H3,(H,37,40)(H,38,42)/t22-,25+,27+,33-,34-/m1/s1. The number of aromatic nitrogens is 1. The molecule has 1 aromatic carbocycles. The lowest BCUT2D eigenvalue weighted by Crippen LogP contribution is -2.58. The maximum Gasteiger partial charge on any atom is 0.259 e. The number of carbonyl (C=O) groups is 3. The van der Waals surface area contributed by atoms with Crippen molar-refractivity contribution in [1.82, 2.24) is 19.9 Å². The summed E-state index contributed by atoms with van der Waals surface area (Å²) in [6.45, 7) is 3.71. The minimum Gasteiger partial charge on any atom is -0.483 e. The van der Waals surface area contributed by atoms with E-state index in [0.717, 1.165) is 47.8 Å². The van der Waals surface area contributed by atoms with Gasteiger partial charge in [0.25, 0.3) is 5.91 Å². The Morgan fingerprint density at radius 1 is 1.13 bits per heavy atom. The van der Waals surface area contributed by atoms with E-state index in [2.05, 4.69) is 10.0 Å². The van der Waals surface area contributed by atoms with E-state index < -0.39 is 49.8 Å². The first-order chi connectivity index (χ1) is 21.9. The molecule has 5 atom stereocenters. The molecule has 3 aliphatic heterocycles. The highest BCUT2D eigenvalue weighted by Gasteiger charge is 2.63. The second-order valence-electron chi connectivity index (χ2n) is 14.3. The average molecular weight is 650 g/mol. The van der Waals surface area contributed by atoms with Crippen molar-refractivity contribution in [3.8, 4) is 5.75 Å². The van der Waals surface area contributed by atoms with E-state index in [1.165, 1.54) is 4.90 Å². The van der Waals surface area contributed by atoms with Crippen molar-refractivity contribution in [2.75, 3.05) is 6.54 Å². The van der Waals surface area contributed by atoms with Crippen molar-refractivity contribution < 1.29 is 27.5 Å². The van der Waals surface area contributed by atoms with Crippen molar-refractivity contribution in [2.24, 2.45) is 11.7 Å². The van der Waals surface area contributed by atoms with Crippen molar-refractivity contribution in [2.45, 2.75) is 112 Å². The van der Waals surface area contributed by atoms with Crippen LogP contribution in [-0.2, 0) is 30.8 Å². The van der Waals surface area contributed by atoms with Crippen LogP contribution in [0.25, 0.3) is 10.9 Å². The van der Waals surface area contributed by atoms with Crippen molar-refractivity contribution in [3.63, 3.8) is 0 Å². The van der Waals surface area contributed by atoms with Crippen LogP contribution < -0.4 is 20.5 Å². The van der Waals surface area contributed by atoms with Gasteiger partial charge in [0, 0.05) is 23.3 Å². The molecule has 4 N–H and O–H groups in total. The zero-order valence-corrected chi connectivity index (χ0v) is 27.3. The van der Waals surface area contributed by atoms with Crippen LogP contribution in [0, 0.1) is 12.8 Å². The Bertz CT molecular complexity index is 1760. The molecule has 7 rings (SSSR count). The lowest BCUT2D eigenvalue weighted by atomic mass is 9.87. The summed E-state index contributed by atoms with van der Waals surface area (Å²) in [6, 6.07) is 6.23. The normalized spacial score (nSPS) is 32.3. The maximum absolute atomic E-state index is 14.3.